The molecule has 1 aromatic carbocycles. The molecule has 1 aromatic heterocycles. The van der Waals surface area contributed by atoms with E-state index >= 15 is 0 Å². The van der Waals surface area contributed by atoms with Crippen molar-refractivity contribution in [3.05, 3.63) is 42.1 Å². The summed E-state index contributed by atoms with van der Waals surface area (Å²) in [7, 11) is 0.143. The molecule has 6 nitrogen and oxygen atoms in total. The highest BCUT2D eigenvalue weighted by Gasteiger charge is 2.15. The Bertz CT molecular complexity index is 740. The van der Waals surface area contributed by atoms with Crippen LogP contribution in [0.3, 0.4) is 0 Å². The minimum atomic E-state index is -3.67. The van der Waals surface area contributed by atoms with Crippen LogP contribution in [-0.4, -0.2) is 27.5 Å². The first-order valence-electron chi connectivity index (χ1n) is 6.32. The number of nitrogens with two attached hydrogens (primary N) is 1. The molecule has 21 heavy (non-hydrogen) atoms. The Labute approximate surface area is 124 Å². The molecule has 7 heteroatoms. The van der Waals surface area contributed by atoms with Crippen molar-refractivity contribution >= 4 is 27.2 Å². The van der Waals surface area contributed by atoms with E-state index < -0.39 is 10.0 Å². The van der Waals surface area contributed by atoms with E-state index in [0.717, 1.165) is 11.3 Å². The Balaban J connectivity index is 2.33. The van der Waals surface area contributed by atoms with Crippen LogP contribution in [0.4, 0.5) is 17.2 Å². The lowest BCUT2D eigenvalue weighted by molar-refractivity contribution is 0.601. The van der Waals surface area contributed by atoms with Gasteiger partial charge in [-0.3, -0.25) is 4.72 Å². The minimum Gasteiger partial charge on any atom is -0.384 e. The zero-order valence-corrected chi connectivity index (χ0v) is 13.0. The number of aryl methyl sites for hydroxylation is 1. The number of rotatable bonds is 4. The van der Waals surface area contributed by atoms with Gasteiger partial charge in [-0.15, -0.1) is 0 Å². The van der Waals surface area contributed by atoms with E-state index in [2.05, 4.69) is 9.71 Å². The van der Waals surface area contributed by atoms with Gasteiger partial charge >= 0.3 is 0 Å². The zero-order chi connectivity index (χ0) is 15.6. The summed E-state index contributed by atoms with van der Waals surface area (Å²) < 4.78 is 27.1. The fourth-order valence-electron chi connectivity index (χ4n) is 1.92. The number of benzene rings is 1. The van der Waals surface area contributed by atoms with Gasteiger partial charge in [0.15, 0.2) is 0 Å². The average molecular weight is 306 g/mol. The van der Waals surface area contributed by atoms with Crippen molar-refractivity contribution in [2.45, 2.75) is 11.8 Å². The SMILES string of the molecule is Cc1ccc(NS(=O)(=O)c2ccc(N)nc2)cc1N(C)C. The van der Waals surface area contributed by atoms with E-state index in [9.17, 15) is 8.42 Å². The molecule has 0 aliphatic heterocycles. The van der Waals surface area contributed by atoms with Crippen LogP contribution in [0.1, 0.15) is 5.56 Å². The number of pyridine rings is 1. The standard InChI is InChI=1S/C14H18N4O2S/c1-10-4-5-11(8-13(10)18(2)3)17-21(19,20)12-6-7-14(15)16-9-12/h4-9,17H,1-3H3,(H2,15,16). The van der Waals surface area contributed by atoms with Gasteiger partial charge in [0, 0.05) is 26.0 Å². The van der Waals surface area contributed by atoms with Crippen molar-refractivity contribution < 1.29 is 8.42 Å². The second-order valence-electron chi connectivity index (χ2n) is 4.92. The lowest BCUT2D eigenvalue weighted by Gasteiger charge is -2.17. The van der Waals surface area contributed by atoms with Crippen molar-refractivity contribution in [3.63, 3.8) is 0 Å². The molecule has 0 atom stereocenters. The number of anilines is 3. The monoisotopic (exact) mass is 306 g/mol. The molecule has 3 N–H and O–H groups in total. The fraction of sp³-hybridized carbons (Fsp3) is 0.214. The first-order chi connectivity index (χ1) is 9.79. The number of aromatic nitrogens is 1. The van der Waals surface area contributed by atoms with Gasteiger partial charge in [0.2, 0.25) is 0 Å². The van der Waals surface area contributed by atoms with E-state index in [-0.39, 0.29) is 10.7 Å². The molecule has 2 rings (SSSR count). The van der Waals surface area contributed by atoms with Gasteiger partial charge in [0.25, 0.3) is 10.0 Å². The maximum absolute atomic E-state index is 12.3. The first-order valence-corrected chi connectivity index (χ1v) is 7.80. The minimum absolute atomic E-state index is 0.0729. The summed E-state index contributed by atoms with van der Waals surface area (Å²) in [6.07, 6.45) is 1.23. The van der Waals surface area contributed by atoms with Gasteiger partial charge in [-0.1, -0.05) is 6.07 Å². The van der Waals surface area contributed by atoms with E-state index in [1.807, 2.05) is 32.0 Å². The zero-order valence-electron chi connectivity index (χ0n) is 12.2. The largest absolute Gasteiger partial charge is 0.384 e. The van der Waals surface area contributed by atoms with Crippen molar-refractivity contribution in [2.24, 2.45) is 0 Å². The Morgan fingerprint density at radius 2 is 1.90 bits per heavy atom. The predicted molar refractivity (Wildman–Crippen MR) is 85.0 cm³/mol. The maximum Gasteiger partial charge on any atom is 0.263 e. The number of nitrogens with one attached hydrogen (secondary N) is 1. The van der Waals surface area contributed by atoms with Crippen LogP contribution in [-0.2, 0) is 10.0 Å². The van der Waals surface area contributed by atoms with E-state index in [1.54, 1.807) is 12.1 Å². The van der Waals surface area contributed by atoms with Crippen molar-refractivity contribution in [2.75, 3.05) is 29.5 Å². The van der Waals surface area contributed by atoms with Gasteiger partial charge in [-0.05, 0) is 36.8 Å². The van der Waals surface area contributed by atoms with Crippen LogP contribution in [0, 0.1) is 6.92 Å². The van der Waals surface area contributed by atoms with Gasteiger partial charge < -0.3 is 10.6 Å². The molecule has 1 heterocycles. The predicted octanol–water partition coefficient (Wildman–Crippen LogP) is 1.84. The highest BCUT2D eigenvalue weighted by atomic mass is 32.2. The summed E-state index contributed by atoms with van der Waals surface area (Å²) in [5, 5.41) is 0. The van der Waals surface area contributed by atoms with Gasteiger partial charge in [0.1, 0.15) is 10.7 Å². The Morgan fingerprint density at radius 1 is 1.19 bits per heavy atom. The average Bonchev–Trinajstić information content (AvgIpc) is 2.41. The molecule has 0 aliphatic carbocycles. The highest BCUT2D eigenvalue weighted by Crippen LogP contribution is 2.24. The smallest absolute Gasteiger partial charge is 0.263 e. The molecule has 0 amide bonds. The Hall–Kier alpha value is -2.28. The molecule has 0 spiro atoms. The molecule has 0 bridgehead atoms. The third-order valence-electron chi connectivity index (χ3n) is 3.01. The van der Waals surface area contributed by atoms with Crippen molar-refractivity contribution in [3.8, 4) is 0 Å². The van der Waals surface area contributed by atoms with Gasteiger partial charge in [-0.2, -0.15) is 0 Å². The maximum atomic E-state index is 12.3. The molecule has 0 unspecified atom stereocenters. The quantitative estimate of drug-likeness (QED) is 0.900. The molecule has 0 saturated heterocycles. The number of nitrogen functional groups attached to an aromatic ring is 1. The number of nitrogens with zero attached hydrogens (tertiary/aromatic N) is 2. The molecular weight excluding hydrogens is 288 g/mol. The Morgan fingerprint density at radius 3 is 2.48 bits per heavy atom. The lowest BCUT2D eigenvalue weighted by Crippen LogP contribution is -2.15. The van der Waals surface area contributed by atoms with Crippen LogP contribution in [0.25, 0.3) is 0 Å². The third-order valence-corrected chi connectivity index (χ3v) is 4.38. The van der Waals surface area contributed by atoms with Crippen LogP contribution < -0.4 is 15.4 Å². The summed E-state index contributed by atoms with van der Waals surface area (Å²) in [5.41, 5.74) is 7.98. The second kappa shape index (κ2) is 5.61. The van der Waals surface area contributed by atoms with E-state index in [1.165, 1.54) is 18.3 Å². The molecule has 112 valence electrons. The summed E-state index contributed by atoms with van der Waals surface area (Å²) in [4.78, 5) is 5.80. The normalized spacial score (nSPS) is 11.2. The summed E-state index contributed by atoms with van der Waals surface area (Å²) >= 11 is 0. The van der Waals surface area contributed by atoms with Gasteiger partial charge in [0.05, 0.1) is 5.69 Å². The molecule has 0 fully saturated rings. The third kappa shape index (κ3) is 3.43. The summed E-state index contributed by atoms with van der Waals surface area (Å²) in [6, 6.07) is 8.26. The van der Waals surface area contributed by atoms with Crippen LogP contribution >= 0.6 is 0 Å². The molecule has 2 aromatic rings. The van der Waals surface area contributed by atoms with Gasteiger partial charge in [-0.25, -0.2) is 13.4 Å². The first kappa shape index (κ1) is 15.1. The topological polar surface area (TPSA) is 88.3 Å². The van der Waals surface area contributed by atoms with E-state index in [0.29, 0.717) is 5.69 Å². The lowest BCUT2D eigenvalue weighted by atomic mass is 10.2. The number of hydrogen-bond donors (Lipinski definition) is 2. The van der Waals surface area contributed by atoms with Crippen LogP contribution in [0.2, 0.25) is 0 Å². The van der Waals surface area contributed by atoms with Crippen LogP contribution in [0.5, 0.6) is 0 Å². The second-order valence-corrected chi connectivity index (χ2v) is 6.60. The molecule has 0 radical (unpaired) electrons. The van der Waals surface area contributed by atoms with Crippen molar-refractivity contribution in [1.82, 2.24) is 4.98 Å². The number of hydrogen-bond acceptors (Lipinski definition) is 5. The summed E-state index contributed by atoms with van der Waals surface area (Å²) in [6.45, 7) is 1.97. The van der Waals surface area contributed by atoms with Crippen molar-refractivity contribution in [1.29, 1.82) is 0 Å². The van der Waals surface area contributed by atoms with Crippen LogP contribution in [0.15, 0.2) is 41.4 Å². The van der Waals surface area contributed by atoms with E-state index in [4.69, 9.17) is 5.73 Å². The Kier molecular flexibility index (Phi) is 4.04. The molecule has 0 saturated carbocycles. The fourth-order valence-corrected chi connectivity index (χ4v) is 2.91. The number of sulfonamides is 1. The molecule has 0 aliphatic rings. The summed E-state index contributed by atoms with van der Waals surface area (Å²) in [5.74, 6) is 0.277. The molecular formula is C14H18N4O2S. The highest BCUT2D eigenvalue weighted by molar-refractivity contribution is 7.92.